The van der Waals surface area contributed by atoms with Crippen molar-refractivity contribution in [1.82, 2.24) is 0 Å². The third-order valence-corrected chi connectivity index (χ3v) is 2.54. The Balaban J connectivity index is 2.13. The first-order chi connectivity index (χ1) is 7.70. The highest BCUT2D eigenvalue weighted by molar-refractivity contribution is 5.89. The number of anilines is 1. The van der Waals surface area contributed by atoms with Crippen molar-refractivity contribution in [2.45, 2.75) is 13.0 Å². The highest BCUT2D eigenvalue weighted by Gasteiger charge is 2.32. The lowest BCUT2D eigenvalue weighted by Gasteiger charge is -2.13. The Morgan fingerprint density at radius 1 is 1.56 bits per heavy atom. The molecule has 0 radical (unpaired) electrons. The number of carbonyl (C=O) groups excluding carboxylic acids is 1. The van der Waals surface area contributed by atoms with Crippen LogP contribution in [0.3, 0.4) is 0 Å². The van der Waals surface area contributed by atoms with E-state index >= 15 is 0 Å². The number of nitrogens with zero attached hydrogens (tertiary/aromatic N) is 1. The molecule has 1 saturated heterocycles. The zero-order valence-corrected chi connectivity index (χ0v) is 9.47. The molecule has 0 aliphatic carbocycles. The van der Waals surface area contributed by atoms with Crippen molar-refractivity contribution in [2.75, 3.05) is 25.2 Å². The maximum atomic E-state index is 11.6. The van der Waals surface area contributed by atoms with E-state index in [2.05, 4.69) is 0 Å². The van der Waals surface area contributed by atoms with Gasteiger partial charge in [-0.3, -0.25) is 4.90 Å². The molecule has 1 aromatic carbocycles. The van der Waals surface area contributed by atoms with Gasteiger partial charge < -0.3 is 9.47 Å². The van der Waals surface area contributed by atoms with Gasteiger partial charge in [0, 0.05) is 12.8 Å². The SMILES string of the molecule is COCC1CN(c2cccc(C)c2)C(=O)O1. The minimum absolute atomic E-state index is 0.169. The van der Waals surface area contributed by atoms with Crippen LogP contribution in [0.25, 0.3) is 0 Å². The molecule has 16 heavy (non-hydrogen) atoms. The smallest absolute Gasteiger partial charge is 0.414 e. The highest BCUT2D eigenvalue weighted by Crippen LogP contribution is 2.22. The Kier molecular flexibility index (Phi) is 3.10. The first-order valence-corrected chi connectivity index (χ1v) is 5.24. The number of hydrogen-bond donors (Lipinski definition) is 0. The van der Waals surface area contributed by atoms with Gasteiger partial charge in [0.2, 0.25) is 0 Å². The molecule has 4 heteroatoms. The van der Waals surface area contributed by atoms with Crippen molar-refractivity contribution in [3.63, 3.8) is 0 Å². The lowest BCUT2D eigenvalue weighted by Crippen LogP contribution is -2.25. The van der Waals surface area contributed by atoms with Crippen molar-refractivity contribution >= 4 is 11.8 Å². The number of benzene rings is 1. The molecular weight excluding hydrogens is 206 g/mol. The molecule has 1 amide bonds. The van der Waals surface area contributed by atoms with Gasteiger partial charge in [-0.15, -0.1) is 0 Å². The number of ether oxygens (including phenoxy) is 2. The summed E-state index contributed by atoms with van der Waals surface area (Å²) < 4.78 is 10.1. The van der Waals surface area contributed by atoms with Crippen LogP contribution in [0.2, 0.25) is 0 Å². The molecule has 4 nitrogen and oxygen atoms in total. The van der Waals surface area contributed by atoms with Crippen molar-refractivity contribution in [2.24, 2.45) is 0 Å². The third-order valence-electron chi connectivity index (χ3n) is 2.54. The normalized spacial score (nSPS) is 20.0. The van der Waals surface area contributed by atoms with Crippen LogP contribution >= 0.6 is 0 Å². The zero-order chi connectivity index (χ0) is 11.5. The molecule has 1 aliphatic rings. The fourth-order valence-corrected chi connectivity index (χ4v) is 1.80. The Morgan fingerprint density at radius 2 is 2.38 bits per heavy atom. The number of amides is 1. The Hall–Kier alpha value is -1.55. The maximum Gasteiger partial charge on any atom is 0.414 e. The van der Waals surface area contributed by atoms with E-state index in [1.807, 2.05) is 31.2 Å². The lowest BCUT2D eigenvalue weighted by atomic mass is 10.2. The molecule has 2 rings (SSSR count). The minimum Gasteiger partial charge on any atom is -0.441 e. The third kappa shape index (κ3) is 2.17. The summed E-state index contributed by atoms with van der Waals surface area (Å²) in [5.41, 5.74) is 2.00. The summed E-state index contributed by atoms with van der Waals surface area (Å²) in [4.78, 5) is 13.3. The summed E-state index contributed by atoms with van der Waals surface area (Å²) in [6, 6.07) is 7.80. The van der Waals surface area contributed by atoms with Gasteiger partial charge in [0.1, 0.15) is 6.10 Å². The molecule has 1 aliphatic heterocycles. The van der Waals surface area contributed by atoms with Gasteiger partial charge in [0.15, 0.2) is 0 Å². The molecule has 0 N–H and O–H groups in total. The minimum atomic E-state index is -0.298. The summed E-state index contributed by atoms with van der Waals surface area (Å²) >= 11 is 0. The summed E-state index contributed by atoms with van der Waals surface area (Å²) in [7, 11) is 1.60. The number of aryl methyl sites for hydroxylation is 1. The first-order valence-electron chi connectivity index (χ1n) is 5.24. The summed E-state index contributed by atoms with van der Waals surface area (Å²) in [5.74, 6) is 0. The fourth-order valence-electron chi connectivity index (χ4n) is 1.80. The molecule has 0 spiro atoms. The van der Waals surface area contributed by atoms with Gasteiger partial charge in [0.05, 0.1) is 13.2 Å². The quantitative estimate of drug-likeness (QED) is 0.783. The average Bonchev–Trinajstić information content (AvgIpc) is 2.60. The van der Waals surface area contributed by atoms with Gasteiger partial charge in [-0.2, -0.15) is 0 Å². The van der Waals surface area contributed by atoms with Gasteiger partial charge in [-0.05, 0) is 24.6 Å². The van der Waals surface area contributed by atoms with E-state index in [1.165, 1.54) is 0 Å². The van der Waals surface area contributed by atoms with Gasteiger partial charge in [-0.1, -0.05) is 12.1 Å². The molecule has 1 unspecified atom stereocenters. The van der Waals surface area contributed by atoms with Gasteiger partial charge >= 0.3 is 6.09 Å². The van der Waals surface area contributed by atoms with Crippen molar-refractivity contribution in [1.29, 1.82) is 0 Å². The second-order valence-electron chi connectivity index (χ2n) is 3.91. The van der Waals surface area contributed by atoms with E-state index < -0.39 is 0 Å². The fraction of sp³-hybridized carbons (Fsp3) is 0.417. The molecule has 86 valence electrons. The summed E-state index contributed by atoms with van der Waals surface area (Å²) in [6.07, 6.45) is -0.467. The van der Waals surface area contributed by atoms with E-state index in [0.717, 1.165) is 11.3 Å². The number of methoxy groups -OCH3 is 1. The summed E-state index contributed by atoms with van der Waals surface area (Å²) in [5, 5.41) is 0. The number of rotatable bonds is 3. The number of carbonyl (C=O) groups is 1. The molecule has 1 aromatic rings. The van der Waals surface area contributed by atoms with E-state index in [0.29, 0.717) is 13.2 Å². The average molecular weight is 221 g/mol. The number of cyclic esters (lactones) is 1. The van der Waals surface area contributed by atoms with Gasteiger partial charge in [0.25, 0.3) is 0 Å². The standard InChI is InChI=1S/C12H15NO3/c1-9-4-3-5-10(6-9)13-7-11(8-15-2)16-12(13)14/h3-6,11H,7-8H2,1-2H3. The second kappa shape index (κ2) is 4.53. The monoisotopic (exact) mass is 221 g/mol. The maximum absolute atomic E-state index is 11.6. The van der Waals surface area contributed by atoms with Crippen LogP contribution in [0.1, 0.15) is 5.56 Å². The van der Waals surface area contributed by atoms with Gasteiger partial charge in [-0.25, -0.2) is 4.79 Å². The predicted molar refractivity (Wildman–Crippen MR) is 60.7 cm³/mol. The molecule has 0 bridgehead atoms. The lowest BCUT2D eigenvalue weighted by molar-refractivity contribution is 0.0718. The van der Waals surface area contributed by atoms with Crippen molar-refractivity contribution in [3.8, 4) is 0 Å². The predicted octanol–water partition coefficient (Wildman–Crippen LogP) is 1.97. The van der Waals surface area contributed by atoms with Crippen molar-refractivity contribution in [3.05, 3.63) is 29.8 Å². The first kappa shape index (κ1) is 11.0. The summed E-state index contributed by atoms with van der Waals surface area (Å²) in [6.45, 7) is 2.99. The topological polar surface area (TPSA) is 38.8 Å². The second-order valence-corrected chi connectivity index (χ2v) is 3.91. The number of hydrogen-bond acceptors (Lipinski definition) is 3. The van der Waals surface area contributed by atoms with E-state index in [4.69, 9.17) is 9.47 Å². The van der Waals surface area contributed by atoms with Crippen LogP contribution in [0.5, 0.6) is 0 Å². The van der Waals surface area contributed by atoms with Crippen LogP contribution < -0.4 is 4.90 Å². The largest absolute Gasteiger partial charge is 0.441 e. The highest BCUT2D eigenvalue weighted by atomic mass is 16.6. The van der Waals surface area contributed by atoms with Crippen LogP contribution in [-0.4, -0.2) is 32.5 Å². The van der Waals surface area contributed by atoms with E-state index in [1.54, 1.807) is 12.0 Å². The van der Waals surface area contributed by atoms with E-state index in [9.17, 15) is 4.79 Å². The van der Waals surface area contributed by atoms with Crippen molar-refractivity contribution < 1.29 is 14.3 Å². The molecule has 1 atom stereocenters. The van der Waals surface area contributed by atoms with Crippen LogP contribution in [-0.2, 0) is 9.47 Å². The Labute approximate surface area is 94.8 Å². The molecule has 0 saturated carbocycles. The molecule has 1 heterocycles. The molecular formula is C12H15NO3. The Morgan fingerprint density at radius 3 is 3.06 bits per heavy atom. The van der Waals surface area contributed by atoms with E-state index in [-0.39, 0.29) is 12.2 Å². The Bertz CT molecular complexity index is 392. The zero-order valence-electron chi connectivity index (χ0n) is 9.47. The molecule has 0 aromatic heterocycles. The molecule has 1 fully saturated rings. The van der Waals surface area contributed by atoms with Crippen LogP contribution in [0, 0.1) is 6.92 Å². The van der Waals surface area contributed by atoms with Crippen LogP contribution in [0.15, 0.2) is 24.3 Å². The van der Waals surface area contributed by atoms with Crippen LogP contribution in [0.4, 0.5) is 10.5 Å².